The Bertz CT molecular complexity index is 997. The minimum Gasteiger partial charge on any atom is -0.481 e. The van der Waals surface area contributed by atoms with Crippen LogP contribution in [0.15, 0.2) is 18.2 Å². The molecule has 32 heavy (non-hydrogen) atoms. The second-order valence-corrected chi connectivity index (χ2v) is 8.94. The number of hydrogen-bond acceptors (Lipinski definition) is 6. The maximum atomic E-state index is 14.3. The molecule has 1 aliphatic carbocycles. The molecule has 1 aromatic carbocycles. The molecule has 1 aliphatic rings. The normalized spacial score (nSPS) is 19.3. The number of rotatable bonds is 8. The van der Waals surface area contributed by atoms with Crippen molar-refractivity contribution in [1.82, 2.24) is 9.97 Å². The van der Waals surface area contributed by atoms with Crippen LogP contribution in [0.5, 0.6) is 0 Å². The number of carboxylic acid groups (broad SMARTS) is 1. The standard InChI is InChI=1S/C24H32FN3O4/c1-6-28(5)24-26-22(12(2)3)21-13(4)20(18(30)10-15(29)11-19(31)32)17-9-14(25)7-8-16(17)23(21)27-24/h7-9,12-13,15,18,20,29-30H,6,10-11H2,1-5H3,(H,31,32)/t13?,15-,18+,20-/m1/s1. The zero-order valence-electron chi connectivity index (χ0n) is 19.2. The Balaban J connectivity index is 2.18. The Labute approximate surface area is 188 Å². The second-order valence-electron chi connectivity index (χ2n) is 8.94. The number of halogens is 1. The number of carboxylic acids is 1. The highest BCUT2D eigenvalue weighted by atomic mass is 19.1. The topological polar surface area (TPSA) is 107 Å². The Kier molecular flexibility index (Phi) is 7.15. The van der Waals surface area contributed by atoms with Crippen molar-refractivity contribution in [1.29, 1.82) is 0 Å². The Morgan fingerprint density at radius 1 is 1.25 bits per heavy atom. The minimum atomic E-state index is -1.20. The molecule has 0 aliphatic heterocycles. The first-order valence-corrected chi connectivity index (χ1v) is 11.1. The van der Waals surface area contributed by atoms with Crippen molar-refractivity contribution in [3.05, 3.63) is 40.8 Å². The molecule has 174 valence electrons. The van der Waals surface area contributed by atoms with Gasteiger partial charge < -0.3 is 20.2 Å². The van der Waals surface area contributed by atoms with Gasteiger partial charge in [-0.2, -0.15) is 0 Å². The molecule has 1 unspecified atom stereocenters. The molecular formula is C24H32FN3O4. The second kappa shape index (κ2) is 9.50. The highest BCUT2D eigenvalue weighted by Gasteiger charge is 2.40. The molecule has 0 spiro atoms. The first-order valence-electron chi connectivity index (χ1n) is 11.1. The molecule has 0 radical (unpaired) electrons. The Hall–Kier alpha value is -2.58. The number of aliphatic carboxylic acids is 1. The number of benzene rings is 1. The van der Waals surface area contributed by atoms with Gasteiger partial charge in [0.2, 0.25) is 5.95 Å². The summed E-state index contributed by atoms with van der Waals surface area (Å²) >= 11 is 0. The molecular weight excluding hydrogens is 413 g/mol. The summed E-state index contributed by atoms with van der Waals surface area (Å²) in [7, 11) is 1.92. The van der Waals surface area contributed by atoms with Gasteiger partial charge in [0.1, 0.15) is 5.82 Å². The fourth-order valence-corrected chi connectivity index (χ4v) is 4.61. The maximum absolute atomic E-state index is 14.3. The van der Waals surface area contributed by atoms with Gasteiger partial charge >= 0.3 is 5.97 Å². The van der Waals surface area contributed by atoms with Crippen LogP contribution in [0.2, 0.25) is 0 Å². The lowest BCUT2D eigenvalue weighted by Gasteiger charge is -2.38. The van der Waals surface area contributed by atoms with Crippen LogP contribution < -0.4 is 4.90 Å². The first-order chi connectivity index (χ1) is 15.0. The van der Waals surface area contributed by atoms with E-state index in [0.29, 0.717) is 11.5 Å². The predicted molar refractivity (Wildman–Crippen MR) is 120 cm³/mol. The molecule has 0 saturated heterocycles. The van der Waals surface area contributed by atoms with E-state index in [1.54, 1.807) is 6.07 Å². The zero-order valence-corrected chi connectivity index (χ0v) is 19.2. The van der Waals surface area contributed by atoms with Gasteiger partial charge in [-0.25, -0.2) is 14.4 Å². The van der Waals surface area contributed by atoms with Crippen LogP contribution in [0, 0.1) is 5.82 Å². The zero-order chi connectivity index (χ0) is 23.7. The summed E-state index contributed by atoms with van der Waals surface area (Å²) in [4.78, 5) is 22.6. The molecule has 3 N–H and O–H groups in total. The van der Waals surface area contributed by atoms with Gasteiger partial charge in [0.25, 0.3) is 0 Å². The summed E-state index contributed by atoms with van der Waals surface area (Å²) in [6.07, 6.45) is -2.85. The summed E-state index contributed by atoms with van der Waals surface area (Å²) in [6.45, 7) is 8.78. The molecule has 7 nitrogen and oxygen atoms in total. The minimum absolute atomic E-state index is 0.0931. The number of hydrogen-bond donors (Lipinski definition) is 3. The maximum Gasteiger partial charge on any atom is 0.305 e. The number of aliphatic hydroxyl groups is 2. The van der Waals surface area contributed by atoms with Crippen molar-refractivity contribution in [3.8, 4) is 11.3 Å². The van der Waals surface area contributed by atoms with Crippen LogP contribution in [0.4, 0.5) is 10.3 Å². The van der Waals surface area contributed by atoms with E-state index in [4.69, 9.17) is 15.1 Å². The van der Waals surface area contributed by atoms with E-state index in [1.807, 2.05) is 39.6 Å². The van der Waals surface area contributed by atoms with E-state index in [2.05, 4.69) is 0 Å². The molecule has 1 aromatic heterocycles. The highest BCUT2D eigenvalue weighted by molar-refractivity contribution is 5.74. The fourth-order valence-electron chi connectivity index (χ4n) is 4.61. The molecule has 1 heterocycles. The SMILES string of the molecule is CCN(C)c1nc2c(c(C(C)C)n1)C(C)[C@@H]([C@@H](O)C[C@@H](O)CC(=O)O)c1cc(F)ccc1-2. The smallest absolute Gasteiger partial charge is 0.305 e. The first kappa shape index (κ1) is 24.1. The van der Waals surface area contributed by atoms with Crippen molar-refractivity contribution in [3.63, 3.8) is 0 Å². The summed E-state index contributed by atoms with van der Waals surface area (Å²) < 4.78 is 14.3. The van der Waals surface area contributed by atoms with Crippen molar-refractivity contribution in [2.24, 2.45) is 0 Å². The van der Waals surface area contributed by atoms with E-state index in [1.165, 1.54) is 12.1 Å². The summed E-state index contributed by atoms with van der Waals surface area (Å²) in [6, 6.07) is 4.46. The van der Waals surface area contributed by atoms with Gasteiger partial charge in [-0.05, 0) is 42.5 Å². The Morgan fingerprint density at radius 2 is 1.94 bits per heavy atom. The highest BCUT2D eigenvalue weighted by Crippen LogP contribution is 2.50. The van der Waals surface area contributed by atoms with Gasteiger partial charge in [-0.15, -0.1) is 0 Å². The average molecular weight is 446 g/mol. The van der Waals surface area contributed by atoms with E-state index < -0.39 is 36.3 Å². The molecule has 2 aromatic rings. The van der Waals surface area contributed by atoms with E-state index in [9.17, 15) is 19.4 Å². The van der Waals surface area contributed by atoms with E-state index in [0.717, 1.165) is 29.1 Å². The summed E-state index contributed by atoms with van der Waals surface area (Å²) in [5, 5.41) is 30.2. The fraction of sp³-hybridized carbons (Fsp3) is 0.542. The lowest BCUT2D eigenvalue weighted by atomic mass is 9.69. The molecule has 0 saturated carbocycles. The van der Waals surface area contributed by atoms with Gasteiger partial charge in [0, 0.05) is 37.1 Å². The van der Waals surface area contributed by atoms with Crippen LogP contribution in [-0.2, 0) is 4.79 Å². The van der Waals surface area contributed by atoms with Crippen molar-refractivity contribution in [2.75, 3.05) is 18.5 Å². The summed E-state index contributed by atoms with van der Waals surface area (Å²) in [5.41, 5.74) is 3.85. The van der Waals surface area contributed by atoms with Crippen LogP contribution >= 0.6 is 0 Å². The average Bonchev–Trinajstić information content (AvgIpc) is 2.71. The number of nitrogens with zero attached hydrogens (tertiary/aromatic N) is 3. The van der Waals surface area contributed by atoms with Gasteiger partial charge in [-0.1, -0.05) is 20.8 Å². The lowest BCUT2D eigenvalue weighted by molar-refractivity contribution is -0.139. The van der Waals surface area contributed by atoms with Crippen molar-refractivity contribution < 1.29 is 24.5 Å². The number of fused-ring (bicyclic) bond motifs is 3. The molecule has 0 bridgehead atoms. The molecule has 0 fully saturated rings. The van der Waals surface area contributed by atoms with Crippen molar-refractivity contribution in [2.45, 2.75) is 70.5 Å². The van der Waals surface area contributed by atoms with Crippen LogP contribution in [0.1, 0.15) is 75.1 Å². The number of carbonyl (C=O) groups is 1. The van der Waals surface area contributed by atoms with Crippen LogP contribution in [-0.4, -0.2) is 57.1 Å². The number of anilines is 1. The van der Waals surface area contributed by atoms with Gasteiger partial charge in [0.15, 0.2) is 0 Å². The molecule has 3 rings (SSSR count). The summed E-state index contributed by atoms with van der Waals surface area (Å²) in [5.74, 6) is -1.67. The van der Waals surface area contributed by atoms with E-state index >= 15 is 0 Å². The molecule has 4 atom stereocenters. The van der Waals surface area contributed by atoms with Crippen molar-refractivity contribution >= 4 is 11.9 Å². The Morgan fingerprint density at radius 3 is 2.53 bits per heavy atom. The third kappa shape index (κ3) is 4.61. The largest absolute Gasteiger partial charge is 0.481 e. The molecule has 8 heteroatoms. The quantitative estimate of drug-likeness (QED) is 0.569. The number of aromatic nitrogens is 2. The third-order valence-electron chi connectivity index (χ3n) is 6.29. The van der Waals surface area contributed by atoms with Crippen LogP contribution in [0.3, 0.4) is 0 Å². The van der Waals surface area contributed by atoms with Crippen LogP contribution in [0.25, 0.3) is 11.3 Å². The lowest BCUT2D eigenvalue weighted by Crippen LogP contribution is -2.32. The monoisotopic (exact) mass is 445 g/mol. The van der Waals surface area contributed by atoms with E-state index in [-0.39, 0.29) is 18.3 Å². The number of aliphatic hydroxyl groups excluding tert-OH is 2. The van der Waals surface area contributed by atoms with Gasteiger partial charge in [-0.3, -0.25) is 4.79 Å². The molecule has 0 amide bonds. The third-order valence-corrected chi connectivity index (χ3v) is 6.29. The van der Waals surface area contributed by atoms with Gasteiger partial charge in [0.05, 0.1) is 30.0 Å². The predicted octanol–water partition coefficient (Wildman–Crippen LogP) is 3.65.